The first-order valence-electron chi connectivity index (χ1n) is 3.64. The molecule has 0 aliphatic heterocycles. The van der Waals surface area contributed by atoms with Gasteiger partial charge in [0.2, 0.25) is 0 Å². The smallest absolute Gasteiger partial charge is 0.0958 e. The number of aliphatic hydroxyl groups excluding tert-OH is 1. The largest absolute Gasteiger partial charge is 0.397 e. The summed E-state index contributed by atoms with van der Waals surface area (Å²) in [4.78, 5) is 6.97. The van der Waals surface area contributed by atoms with E-state index in [1.807, 2.05) is 0 Å². The van der Waals surface area contributed by atoms with Crippen LogP contribution in [-0.4, -0.2) is 15.1 Å². The molecule has 1 aromatic carbocycles. The minimum absolute atomic E-state index is 0.0123. The summed E-state index contributed by atoms with van der Waals surface area (Å²) >= 11 is 0. The van der Waals surface area contributed by atoms with Crippen LogP contribution in [0.25, 0.3) is 11.0 Å². The molecule has 2 aromatic rings. The molecule has 0 aliphatic rings. The van der Waals surface area contributed by atoms with E-state index in [0.717, 1.165) is 16.6 Å². The molecule has 4 heteroatoms. The van der Waals surface area contributed by atoms with Crippen molar-refractivity contribution in [1.82, 2.24) is 9.97 Å². The van der Waals surface area contributed by atoms with Gasteiger partial charge in [-0.1, -0.05) is 6.07 Å². The van der Waals surface area contributed by atoms with E-state index < -0.39 is 0 Å². The molecule has 0 spiro atoms. The van der Waals surface area contributed by atoms with Gasteiger partial charge in [0.1, 0.15) is 0 Å². The molecule has 0 bridgehead atoms. The third kappa shape index (κ3) is 0.853. The minimum atomic E-state index is -0.0123. The number of hydrogen-bond acceptors (Lipinski definition) is 3. The normalized spacial score (nSPS) is 10.8. The van der Waals surface area contributed by atoms with E-state index >= 15 is 0 Å². The van der Waals surface area contributed by atoms with Crippen LogP contribution >= 0.6 is 0 Å². The molecule has 2 rings (SSSR count). The van der Waals surface area contributed by atoms with Gasteiger partial charge in [-0.25, -0.2) is 4.98 Å². The van der Waals surface area contributed by atoms with Crippen LogP contribution in [0.15, 0.2) is 18.5 Å². The molecule has 1 aromatic heterocycles. The van der Waals surface area contributed by atoms with Crippen LogP contribution in [0.2, 0.25) is 0 Å². The van der Waals surface area contributed by atoms with Crippen LogP contribution in [0.3, 0.4) is 0 Å². The maximum absolute atomic E-state index is 8.95. The zero-order chi connectivity index (χ0) is 8.55. The second-order valence-corrected chi connectivity index (χ2v) is 2.60. The molecule has 0 amide bonds. The number of benzene rings is 1. The number of nitrogens with zero attached hydrogens (tertiary/aromatic N) is 1. The number of nitrogens with one attached hydrogen (secondary N) is 1. The fourth-order valence-electron chi connectivity index (χ4n) is 1.24. The zero-order valence-corrected chi connectivity index (χ0v) is 6.41. The van der Waals surface area contributed by atoms with Crippen LogP contribution in [0.5, 0.6) is 0 Å². The predicted molar refractivity (Wildman–Crippen MR) is 46.4 cm³/mol. The van der Waals surface area contributed by atoms with E-state index in [9.17, 15) is 0 Å². The lowest BCUT2D eigenvalue weighted by Crippen LogP contribution is -1.90. The molecule has 0 radical (unpaired) electrons. The summed E-state index contributed by atoms with van der Waals surface area (Å²) in [5.74, 6) is 0. The van der Waals surface area contributed by atoms with Gasteiger partial charge in [-0.3, -0.25) is 0 Å². The molecule has 0 aliphatic carbocycles. The molecule has 0 unspecified atom stereocenters. The molecule has 0 saturated carbocycles. The molecule has 0 saturated heterocycles. The van der Waals surface area contributed by atoms with Crippen molar-refractivity contribution in [3.63, 3.8) is 0 Å². The molecular weight excluding hydrogens is 154 g/mol. The Morgan fingerprint density at radius 2 is 2.33 bits per heavy atom. The van der Waals surface area contributed by atoms with E-state index in [1.54, 1.807) is 18.5 Å². The van der Waals surface area contributed by atoms with Gasteiger partial charge in [-0.05, 0) is 6.07 Å². The molecule has 62 valence electrons. The van der Waals surface area contributed by atoms with E-state index in [2.05, 4.69) is 9.97 Å². The van der Waals surface area contributed by atoms with Crippen molar-refractivity contribution < 1.29 is 5.11 Å². The van der Waals surface area contributed by atoms with Crippen LogP contribution in [0.4, 0.5) is 5.69 Å². The summed E-state index contributed by atoms with van der Waals surface area (Å²) in [6, 6.07) is 3.53. The number of anilines is 1. The van der Waals surface area contributed by atoms with Gasteiger partial charge in [0.25, 0.3) is 0 Å². The molecule has 1 heterocycles. The summed E-state index contributed by atoms with van der Waals surface area (Å²) in [6.45, 7) is -0.0123. The molecule has 4 N–H and O–H groups in total. The first-order valence-corrected chi connectivity index (χ1v) is 3.64. The van der Waals surface area contributed by atoms with Gasteiger partial charge in [-0.2, -0.15) is 0 Å². The van der Waals surface area contributed by atoms with Crippen LogP contribution in [0.1, 0.15) is 5.56 Å². The third-order valence-corrected chi connectivity index (χ3v) is 1.87. The number of hydrogen-bond donors (Lipinski definition) is 3. The van der Waals surface area contributed by atoms with Crippen LogP contribution < -0.4 is 5.73 Å². The lowest BCUT2D eigenvalue weighted by Gasteiger charge is -1.99. The number of nitrogens with two attached hydrogens (primary N) is 1. The molecule has 4 nitrogen and oxygen atoms in total. The summed E-state index contributed by atoms with van der Waals surface area (Å²) in [5, 5.41) is 8.95. The maximum Gasteiger partial charge on any atom is 0.0958 e. The van der Waals surface area contributed by atoms with Gasteiger partial charge in [0.05, 0.1) is 29.7 Å². The van der Waals surface area contributed by atoms with Crippen molar-refractivity contribution in [1.29, 1.82) is 0 Å². The number of imidazole rings is 1. The Balaban J connectivity index is 2.82. The van der Waals surface area contributed by atoms with E-state index in [1.165, 1.54) is 0 Å². The number of fused-ring (bicyclic) bond motifs is 1. The lowest BCUT2D eigenvalue weighted by atomic mass is 10.2. The van der Waals surface area contributed by atoms with Crippen LogP contribution in [0, 0.1) is 0 Å². The Kier molecular flexibility index (Phi) is 1.48. The quantitative estimate of drug-likeness (QED) is 0.540. The third-order valence-electron chi connectivity index (χ3n) is 1.87. The highest BCUT2D eigenvalue weighted by molar-refractivity contribution is 5.88. The maximum atomic E-state index is 8.95. The van der Waals surface area contributed by atoms with Gasteiger partial charge in [0.15, 0.2) is 0 Å². The topological polar surface area (TPSA) is 74.9 Å². The monoisotopic (exact) mass is 163 g/mol. The summed E-state index contributed by atoms with van der Waals surface area (Å²) in [6.07, 6.45) is 1.57. The van der Waals surface area contributed by atoms with E-state index in [-0.39, 0.29) is 6.61 Å². The zero-order valence-electron chi connectivity index (χ0n) is 6.41. The van der Waals surface area contributed by atoms with Gasteiger partial charge in [0, 0.05) is 5.56 Å². The number of nitrogen functional groups attached to an aromatic ring is 1. The Hall–Kier alpha value is -1.55. The first-order chi connectivity index (χ1) is 5.83. The Bertz CT molecular complexity index is 408. The Morgan fingerprint density at radius 3 is 3.08 bits per heavy atom. The van der Waals surface area contributed by atoms with Crippen molar-refractivity contribution >= 4 is 16.7 Å². The molecule has 0 atom stereocenters. The number of rotatable bonds is 1. The SMILES string of the molecule is Nc1ccc(CO)c2nc[nH]c12. The average molecular weight is 163 g/mol. The van der Waals surface area contributed by atoms with Gasteiger partial charge in [-0.15, -0.1) is 0 Å². The van der Waals surface area contributed by atoms with Gasteiger partial charge >= 0.3 is 0 Å². The van der Waals surface area contributed by atoms with Crippen LogP contribution in [-0.2, 0) is 6.61 Å². The Morgan fingerprint density at radius 1 is 1.50 bits per heavy atom. The Labute approximate surface area is 69.0 Å². The predicted octanol–water partition coefficient (Wildman–Crippen LogP) is 0.637. The highest BCUT2D eigenvalue weighted by atomic mass is 16.3. The first kappa shape index (κ1) is 7.12. The van der Waals surface area contributed by atoms with E-state index in [0.29, 0.717) is 5.69 Å². The highest BCUT2D eigenvalue weighted by Crippen LogP contribution is 2.20. The number of aliphatic hydroxyl groups is 1. The summed E-state index contributed by atoms with van der Waals surface area (Å²) < 4.78 is 0. The molecule has 12 heavy (non-hydrogen) atoms. The summed E-state index contributed by atoms with van der Waals surface area (Å²) in [5.41, 5.74) is 8.66. The number of aromatic nitrogens is 2. The second kappa shape index (κ2) is 2.49. The standard InChI is InChI=1S/C8H9N3O/c9-6-2-1-5(3-12)7-8(6)11-4-10-7/h1-2,4,12H,3,9H2,(H,10,11). The molecular formula is C8H9N3O. The van der Waals surface area contributed by atoms with Crippen molar-refractivity contribution in [3.05, 3.63) is 24.0 Å². The van der Waals surface area contributed by atoms with Crippen molar-refractivity contribution in [3.8, 4) is 0 Å². The highest BCUT2D eigenvalue weighted by Gasteiger charge is 2.04. The fraction of sp³-hybridized carbons (Fsp3) is 0.125. The second-order valence-electron chi connectivity index (χ2n) is 2.60. The van der Waals surface area contributed by atoms with Crippen molar-refractivity contribution in [2.24, 2.45) is 0 Å². The molecule has 0 fully saturated rings. The van der Waals surface area contributed by atoms with Crippen molar-refractivity contribution in [2.45, 2.75) is 6.61 Å². The fourth-order valence-corrected chi connectivity index (χ4v) is 1.24. The number of H-pyrrole nitrogens is 1. The van der Waals surface area contributed by atoms with Crippen molar-refractivity contribution in [2.75, 3.05) is 5.73 Å². The minimum Gasteiger partial charge on any atom is -0.397 e. The van der Waals surface area contributed by atoms with E-state index in [4.69, 9.17) is 10.8 Å². The number of aromatic amines is 1. The average Bonchev–Trinajstić information content (AvgIpc) is 2.54. The lowest BCUT2D eigenvalue weighted by molar-refractivity contribution is 0.283. The van der Waals surface area contributed by atoms with Gasteiger partial charge < -0.3 is 15.8 Å². The summed E-state index contributed by atoms with van der Waals surface area (Å²) in [7, 11) is 0.